The molecule has 1 N–H and O–H groups in total. The molecule has 1 aliphatic carbocycles. The summed E-state index contributed by atoms with van der Waals surface area (Å²) in [5.74, 6) is 0.616. The second-order valence-corrected chi connectivity index (χ2v) is 4.59. The standard InChI is InChI=1S/C11H12ClF3N2/c12-7-10(3-1-4-10)17-9-6-8(2-5-16-9)11(13,14)15/h2,5-6H,1,3-4,7H2,(H,16,17). The van der Waals surface area contributed by atoms with E-state index in [2.05, 4.69) is 10.3 Å². The first-order chi connectivity index (χ1) is 7.95. The lowest BCUT2D eigenvalue weighted by molar-refractivity contribution is -0.137. The lowest BCUT2D eigenvalue weighted by Gasteiger charge is -2.41. The number of rotatable bonds is 3. The molecule has 94 valence electrons. The summed E-state index contributed by atoms with van der Waals surface area (Å²) in [6.07, 6.45) is -0.402. The van der Waals surface area contributed by atoms with E-state index in [4.69, 9.17) is 11.6 Å². The van der Waals surface area contributed by atoms with E-state index >= 15 is 0 Å². The Labute approximate surface area is 102 Å². The minimum Gasteiger partial charge on any atom is -0.363 e. The molecular weight excluding hydrogens is 253 g/mol. The predicted molar refractivity (Wildman–Crippen MR) is 60.2 cm³/mol. The molecule has 6 heteroatoms. The quantitative estimate of drug-likeness (QED) is 0.843. The van der Waals surface area contributed by atoms with E-state index in [1.54, 1.807) is 0 Å². The van der Waals surface area contributed by atoms with E-state index in [1.807, 2.05) is 0 Å². The van der Waals surface area contributed by atoms with Gasteiger partial charge in [0.1, 0.15) is 5.82 Å². The lowest BCUT2D eigenvalue weighted by atomic mass is 9.78. The van der Waals surface area contributed by atoms with Crippen LogP contribution >= 0.6 is 11.6 Å². The van der Waals surface area contributed by atoms with Gasteiger partial charge in [-0.3, -0.25) is 0 Å². The van der Waals surface area contributed by atoms with Crippen molar-refractivity contribution in [3.63, 3.8) is 0 Å². The summed E-state index contributed by atoms with van der Waals surface area (Å²) in [5, 5.41) is 3.01. The molecule has 2 rings (SSSR count). The number of alkyl halides is 4. The summed E-state index contributed by atoms with van der Waals surface area (Å²) in [4.78, 5) is 3.90. The van der Waals surface area contributed by atoms with Crippen molar-refractivity contribution >= 4 is 17.4 Å². The molecule has 0 unspecified atom stereocenters. The Hall–Kier alpha value is -0.970. The smallest absolute Gasteiger partial charge is 0.363 e. The predicted octanol–water partition coefficient (Wildman–Crippen LogP) is 3.67. The summed E-state index contributed by atoms with van der Waals surface area (Å²) in [7, 11) is 0. The van der Waals surface area contributed by atoms with Crippen molar-refractivity contribution in [2.75, 3.05) is 11.2 Å². The van der Waals surface area contributed by atoms with Crippen molar-refractivity contribution in [1.82, 2.24) is 4.98 Å². The number of hydrogen-bond donors (Lipinski definition) is 1. The van der Waals surface area contributed by atoms with Crippen LogP contribution < -0.4 is 5.32 Å². The van der Waals surface area contributed by atoms with Crippen LogP contribution in [-0.4, -0.2) is 16.4 Å². The van der Waals surface area contributed by atoms with Crippen molar-refractivity contribution in [3.05, 3.63) is 23.9 Å². The first-order valence-corrected chi connectivity index (χ1v) is 5.86. The third-order valence-corrected chi connectivity index (χ3v) is 3.56. The molecule has 0 atom stereocenters. The number of pyridine rings is 1. The largest absolute Gasteiger partial charge is 0.416 e. The van der Waals surface area contributed by atoms with Crippen molar-refractivity contribution in [3.8, 4) is 0 Å². The van der Waals surface area contributed by atoms with Crippen LogP contribution in [0.3, 0.4) is 0 Å². The Morgan fingerprint density at radius 2 is 2.12 bits per heavy atom. The molecule has 1 aliphatic rings. The van der Waals surface area contributed by atoms with Crippen LogP contribution in [0, 0.1) is 0 Å². The van der Waals surface area contributed by atoms with Gasteiger partial charge >= 0.3 is 6.18 Å². The average Bonchev–Trinajstić information content (AvgIpc) is 2.23. The molecule has 0 spiro atoms. The molecule has 0 amide bonds. The highest BCUT2D eigenvalue weighted by Gasteiger charge is 2.37. The molecule has 1 heterocycles. The van der Waals surface area contributed by atoms with Crippen LogP contribution in [0.5, 0.6) is 0 Å². The molecule has 17 heavy (non-hydrogen) atoms. The van der Waals surface area contributed by atoms with Crippen LogP contribution in [0.1, 0.15) is 24.8 Å². The molecule has 1 fully saturated rings. The maximum Gasteiger partial charge on any atom is 0.416 e. The molecule has 0 saturated heterocycles. The van der Waals surface area contributed by atoms with Gasteiger partial charge < -0.3 is 5.32 Å². The Morgan fingerprint density at radius 3 is 2.59 bits per heavy atom. The minimum atomic E-state index is -4.34. The maximum atomic E-state index is 12.5. The second-order valence-electron chi connectivity index (χ2n) is 4.32. The first-order valence-electron chi connectivity index (χ1n) is 5.33. The number of nitrogens with zero attached hydrogens (tertiary/aromatic N) is 1. The lowest BCUT2D eigenvalue weighted by Crippen LogP contribution is -2.47. The zero-order valence-electron chi connectivity index (χ0n) is 9.02. The highest BCUT2D eigenvalue weighted by atomic mass is 35.5. The molecule has 1 aromatic rings. The van der Waals surface area contributed by atoms with Gasteiger partial charge in [-0.15, -0.1) is 11.6 Å². The minimum absolute atomic E-state index is 0.236. The monoisotopic (exact) mass is 264 g/mol. The highest BCUT2D eigenvalue weighted by molar-refractivity contribution is 6.19. The molecule has 0 bridgehead atoms. The molecule has 1 saturated carbocycles. The van der Waals surface area contributed by atoms with Gasteiger partial charge in [-0.1, -0.05) is 0 Å². The molecule has 1 aromatic heterocycles. The number of halogens is 4. The van der Waals surface area contributed by atoms with Gasteiger partial charge in [-0.2, -0.15) is 13.2 Å². The molecule has 2 nitrogen and oxygen atoms in total. The summed E-state index contributed by atoms with van der Waals surface area (Å²) < 4.78 is 37.5. The van der Waals surface area contributed by atoms with Crippen LogP contribution in [0.4, 0.5) is 19.0 Å². The Morgan fingerprint density at radius 1 is 1.41 bits per heavy atom. The van der Waals surface area contributed by atoms with Gasteiger partial charge in [0.05, 0.1) is 11.1 Å². The Bertz CT molecular complexity index is 396. The molecule has 0 aromatic carbocycles. The fraction of sp³-hybridized carbons (Fsp3) is 0.545. The van der Waals surface area contributed by atoms with Gasteiger partial charge in [0.2, 0.25) is 0 Å². The van der Waals surface area contributed by atoms with Gasteiger partial charge in [-0.05, 0) is 31.4 Å². The van der Waals surface area contributed by atoms with Crippen molar-refractivity contribution in [1.29, 1.82) is 0 Å². The number of hydrogen-bond acceptors (Lipinski definition) is 2. The van der Waals surface area contributed by atoms with Gasteiger partial charge in [0.25, 0.3) is 0 Å². The summed E-state index contributed by atoms with van der Waals surface area (Å²) in [6, 6.07) is 1.98. The van der Waals surface area contributed by atoms with Gasteiger partial charge in [0, 0.05) is 12.1 Å². The number of nitrogens with one attached hydrogen (secondary N) is 1. The van der Waals surface area contributed by atoms with Crippen LogP contribution in [0.2, 0.25) is 0 Å². The molecule has 0 radical (unpaired) electrons. The zero-order chi connectivity index (χ0) is 12.5. The Kier molecular flexibility index (Phi) is 3.21. The van der Waals surface area contributed by atoms with E-state index in [9.17, 15) is 13.2 Å². The molecule has 0 aliphatic heterocycles. The topological polar surface area (TPSA) is 24.9 Å². The molecular formula is C11H12ClF3N2. The van der Waals surface area contributed by atoms with Gasteiger partial charge in [-0.25, -0.2) is 4.98 Å². The van der Waals surface area contributed by atoms with E-state index in [-0.39, 0.29) is 11.4 Å². The third kappa shape index (κ3) is 2.65. The number of aromatic nitrogens is 1. The Balaban J connectivity index is 2.17. The van der Waals surface area contributed by atoms with Crippen molar-refractivity contribution in [2.45, 2.75) is 31.0 Å². The summed E-state index contributed by atoms with van der Waals surface area (Å²) in [6.45, 7) is 0. The van der Waals surface area contributed by atoms with Crippen LogP contribution in [0.15, 0.2) is 18.3 Å². The zero-order valence-corrected chi connectivity index (χ0v) is 9.78. The summed E-state index contributed by atoms with van der Waals surface area (Å²) >= 11 is 5.83. The van der Waals surface area contributed by atoms with Crippen LogP contribution in [0.25, 0.3) is 0 Å². The highest BCUT2D eigenvalue weighted by Crippen LogP contribution is 2.37. The SMILES string of the molecule is FC(F)(F)c1ccnc(NC2(CCl)CCC2)c1. The summed E-state index contributed by atoms with van der Waals surface area (Å²) in [5.41, 5.74) is -0.974. The normalized spacial score (nSPS) is 18.6. The van der Waals surface area contributed by atoms with E-state index < -0.39 is 11.7 Å². The van der Waals surface area contributed by atoms with E-state index in [0.717, 1.165) is 37.6 Å². The van der Waals surface area contributed by atoms with Crippen LogP contribution in [-0.2, 0) is 6.18 Å². The second kappa shape index (κ2) is 4.37. The maximum absolute atomic E-state index is 12.5. The first kappa shape index (κ1) is 12.5. The number of anilines is 1. The fourth-order valence-electron chi connectivity index (χ4n) is 1.84. The fourth-order valence-corrected chi connectivity index (χ4v) is 2.18. The van der Waals surface area contributed by atoms with E-state index in [0.29, 0.717) is 5.88 Å². The van der Waals surface area contributed by atoms with Crippen molar-refractivity contribution < 1.29 is 13.2 Å². The van der Waals surface area contributed by atoms with E-state index in [1.165, 1.54) is 0 Å². The average molecular weight is 265 g/mol. The van der Waals surface area contributed by atoms with Crippen molar-refractivity contribution in [2.24, 2.45) is 0 Å². The van der Waals surface area contributed by atoms with Gasteiger partial charge in [0.15, 0.2) is 0 Å². The third-order valence-electron chi connectivity index (χ3n) is 3.05.